The molecule has 0 aromatic heterocycles. The normalized spacial score (nSPS) is 19.1. The summed E-state index contributed by atoms with van der Waals surface area (Å²) in [6.45, 7) is 2.25. The van der Waals surface area contributed by atoms with Gasteiger partial charge in [-0.2, -0.15) is 13.2 Å². The van der Waals surface area contributed by atoms with E-state index < -0.39 is 17.8 Å². The molecule has 1 aliphatic carbocycles. The van der Waals surface area contributed by atoms with Crippen LogP contribution in [-0.2, 0) is 6.18 Å². The summed E-state index contributed by atoms with van der Waals surface area (Å²) in [5.74, 6) is 0.590. The van der Waals surface area contributed by atoms with Gasteiger partial charge in [-0.1, -0.05) is 18.2 Å². The second-order valence-corrected chi connectivity index (χ2v) is 5.58. The van der Waals surface area contributed by atoms with Gasteiger partial charge >= 0.3 is 6.18 Å². The zero-order valence-electron chi connectivity index (χ0n) is 11.8. The molecule has 2 atom stereocenters. The average molecular weight is 286 g/mol. The number of nitrogens with zero attached hydrogens (tertiary/aromatic N) is 1. The van der Waals surface area contributed by atoms with Gasteiger partial charge in [-0.15, -0.1) is 0 Å². The lowest BCUT2D eigenvalue weighted by atomic mass is 9.97. The van der Waals surface area contributed by atoms with Crippen molar-refractivity contribution in [2.75, 3.05) is 13.6 Å². The quantitative estimate of drug-likeness (QED) is 0.898. The highest BCUT2D eigenvalue weighted by Gasteiger charge is 2.38. The number of nitrogens with two attached hydrogens (primary N) is 1. The van der Waals surface area contributed by atoms with Gasteiger partial charge in [0.2, 0.25) is 0 Å². The predicted molar refractivity (Wildman–Crippen MR) is 73.2 cm³/mol. The molecule has 1 aromatic rings. The second-order valence-electron chi connectivity index (χ2n) is 5.58. The summed E-state index contributed by atoms with van der Waals surface area (Å²) in [5, 5.41) is 0. The third-order valence-electron chi connectivity index (χ3n) is 4.29. The highest BCUT2D eigenvalue weighted by molar-refractivity contribution is 5.32. The first kappa shape index (κ1) is 15.3. The van der Waals surface area contributed by atoms with Gasteiger partial charge in [0.25, 0.3) is 0 Å². The van der Waals surface area contributed by atoms with Gasteiger partial charge in [-0.3, -0.25) is 4.90 Å². The van der Waals surface area contributed by atoms with Crippen molar-refractivity contribution in [3.8, 4) is 0 Å². The van der Waals surface area contributed by atoms with Crippen molar-refractivity contribution in [3.63, 3.8) is 0 Å². The number of hydrogen-bond donors (Lipinski definition) is 1. The topological polar surface area (TPSA) is 29.3 Å². The number of rotatable bonds is 5. The molecule has 1 saturated carbocycles. The van der Waals surface area contributed by atoms with Crippen LogP contribution in [0.4, 0.5) is 13.2 Å². The Morgan fingerprint density at radius 2 is 1.90 bits per heavy atom. The first-order valence-corrected chi connectivity index (χ1v) is 6.94. The molecular weight excluding hydrogens is 265 g/mol. The maximum Gasteiger partial charge on any atom is 0.416 e. The van der Waals surface area contributed by atoms with Crippen LogP contribution >= 0.6 is 0 Å². The molecular formula is C15H21F3N2. The smallest absolute Gasteiger partial charge is 0.329 e. The molecule has 0 amide bonds. The van der Waals surface area contributed by atoms with Crippen LogP contribution in [0.3, 0.4) is 0 Å². The molecule has 0 bridgehead atoms. The Morgan fingerprint density at radius 1 is 1.30 bits per heavy atom. The fourth-order valence-corrected chi connectivity index (χ4v) is 2.75. The number of hydrogen-bond acceptors (Lipinski definition) is 2. The van der Waals surface area contributed by atoms with Gasteiger partial charge in [0, 0.05) is 18.6 Å². The van der Waals surface area contributed by atoms with E-state index in [1.165, 1.54) is 12.1 Å². The van der Waals surface area contributed by atoms with Crippen LogP contribution in [0.2, 0.25) is 0 Å². The van der Waals surface area contributed by atoms with E-state index in [0.29, 0.717) is 5.92 Å². The van der Waals surface area contributed by atoms with Crippen LogP contribution < -0.4 is 5.73 Å². The second kappa shape index (κ2) is 5.74. The molecule has 0 spiro atoms. The maximum absolute atomic E-state index is 13.1. The minimum absolute atomic E-state index is 0.181. The van der Waals surface area contributed by atoms with E-state index in [9.17, 15) is 13.2 Å². The van der Waals surface area contributed by atoms with Crippen LogP contribution in [0.5, 0.6) is 0 Å². The summed E-state index contributed by atoms with van der Waals surface area (Å²) in [4.78, 5) is 1.99. The van der Waals surface area contributed by atoms with Gasteiger partial charge < -0.3 is 5.73 Å². The summed E-state index contributed by atoms with van der Waals surface area (Å²) < 4.78 is 39.4. The molecule has 112 valence electrons. The molecule has 2 N–H and O–H groups in total. The van der Waals surface area contributed by atoms with Gasteiger partial charge in [-0.25, -0.2) is 0 Å². The van der Waals surface area contributed by atoms with Crippen molar-refractivity contribution >= 4 is 0 Å². The monoisotopic (exact) mass is 286 g/mol. The largest absolute Gasteiger partial charge is 0.416 e. The number of likely N-dealkylation sites (N-methyl/N-ethyl adjacent to an activating group) is 1. The SMILES string of the molecule is CC(C1CC1)N(C)C(CN)c1ccccc1C(F)(F)F. The van der Waals surface area contributed by atoms with E-state index in [2.05, 4.69) is 6.92 Å². The van der Waals surface area contributed by atoms with Crippen LogP contribution in [0.1, 0.15) is 36.9 Å². The third kappa shape index (κ3) is 3.15. The van der Waals surface area contributed by atoms with Crippen molar-refractivity contribution in [2.24, 2.45) is 11.7 Å². The predicted octanol–water partition coefficient (Wildman–Crippen LogP) is 3.44. The Labute approximate surface area is 117 Å². The zero-order valence-corrected chi connectivity index (χ0v) is 11.8. The molecule has 0 aliphatic heterocycles. The molecule has 1 aromatic carbocycles. The first-order chi connectivity index (χ1) is 9.36. The van der Waals surface area contributed by atoms with E-state index >= 15 is 0 Å². The molecule has 20 heavy (non-hydrogen) atoms. The molecule has 2 nitrogen and oxygen atoms in total. The van der Waals surface area contributed by atoms with E-state index in [1.54, 1.807) is 6.07 Å². The number of benzene rings is 1. The van der Waals surface area contributed by atoms with E-state index in [-0.39, 0.29) is 18.2 Å². The zero-order chi connectivity index (χ0) is 14.9. The summed E-state index contributed by atoms with van der Waals surface area (Å²) >= 11 is 0. The Balaban J connectivity index is 2.31. The third-order valence-corrected chi connectivity index (χ3v) is 4.29. The Kier molecular flexibility index (Phi) is 4.39. The van der Waals surface area contributed by atoms with Gasteiger partial charge in [0.1, 0.15) is 0 Å². The molecule has 1 fully saturated rings. The van der Waals surface area contributed by atoms with Crippen LogP contribution in [0, 0.1) is 5.92 Å². The number of halogens is 3. The van der Waals surface area contributed by atoms with Crippen molar-refractivity contribution in [2.45, 2.75) is 38.0 Å². The highest BCUT2D eigenvalue weighted by atomic mass is 19.4. The first-order valence-electron chi connectivity index (χ1n) is 6.94. The van der Waals surface area contributed by atoms with E-state index in [0.717, 1.165) is 18.9 Å². The highest BCUT2D eigenvalue weighted by Crippen LogP contribution is 2.40. The van der Waals surface area contributed by atoms with Crippen LogP contribution in [0.25, 0.3) is 0 Å². The van der Waals surface area contributed by atoms with E-state index in [4.69, 9.17) is 5.73 Å². The van der Waals surface area contributed by atoms with Crippen LogP contribution in [-0.4, -0.2) is 24.5 Å². The Morgan fingerprint density at radius 3 is 2.40 bits per heavy atom. The molecule has 0 radical (unpaired) electrons. The number of alkyl halides is 3. The van der Waals surface area contributed by atoms with Crippen molar-refractivity contribution < 1.29 is 13.2 Å². The van der Waals surface area contributed by atoms with Gasteiger partial charge in [0.15, 0.2) is 0 Å². The fourth-order valence-electron chi connectivity index (χ4n) is 2.75. The van der Waals surface area contributed by atoms with Gasteiger partial charge in [-0.05, 0) is 44.4 Å². The molecule has 0 saturated heterocycles. The average Bonchev–Trinajstić information content (AvgIpc) is 3.22. The summed E-state index contributed by atoms with van der Waals surface area (Å²) in [6.07, 6.45) is -2.03. The maximum atomic E-state index is 13.1. The molecule has 1 aliphatic rings. The lowest BCUT2D eigenvalue weighted by Crippen LogP contribution is -2.39. The van der Waals surface area contributed by atoms with Crippen molar-refractivity contribution in [3.05, 3.63) is 35.4 Å². The Hall–Kier alpha value is -1.07. The van der Waals surface area contributed by atoms with Crippen molar-refractivity contribution in [1.29, 1.82) is 0 Å². The van der Waals surface area contributed by atoms with Gasteiger partial charge in [0.05, 0.1) is 5.56 Å². The summed E-state index contributed by atoms with van der Waals surface area (Å²) in [6, 6.07) is 5.59. The molecule has 5 heteroatoms. The lowest BCUT2D eigenvalue weighted by molar-refractivity contribution is -0.138. The standard InChI is InChI=1S/C15H21F3N2/c1-10(11-7-8-11)20(2)14(9-19)12-5-3-4-6-13(12)15(16,17)18/h3-6,10-11,14H,7-9,19H2,1-2H3. The Bertz CT molecular complexity index is 455. The summed E-state index contributed by atoms with van der Waals surface area (Å²) in [5.41, 5.74) is 5.46. The minimum atomic E-state index is -4.34. The summed E-state index contributed by atoms with van der Waals surface area (Å²) in [7, 11) is 1.87. The van der Waals surface area contributed by atoms with Crippen LogP contribution in [0.15, 0.2) is 24.3 Å². The van der Waals surface area contributed by atoms with Crippen molar-refractivity contribution in [1.82, 2.24) is 4.90 Å². The van der Waals surface area contributed by atoms with E-state index in [1.807, 2.05) is 11.9 Å². The molecule has 0 heterocycles. The lowest BCUT2D eigenvalue weighted by Gasteiger charge is -2.34. The molecule has 2 rings (SSSR count). The minimum Gasteiger partial charge on any atom is -0.329 e. The molecule has 2 unspecified atom stereocenters. The fraction of sp³-hybridized carbons (Fsp3) is 0.600.